The number of nitrogens with zero attached hydrogens (tertiary/aromatic N) is 3. The average molecular weight is 232 g/mol. The number of anilines is 1. The smallest absolute Gasteiger partial charge is 0.164 e. The molecule has 0 spiro atoms. The third-order valence-electron chi connectivity index (χ3n) is 2.74. The minimum Gasteiger partial charge on any atom is -0.495 e. The summed E-state index contributed by atoms with van der Waals surface area (Å²) in [5.41, 5.74) is 7.44. The van der Waals surface area contributed by atoms with Crippen molar-refractivity contribution in [3.05, 3.63) is 24.0 Å². The topological polar surface area (TPSA) is 66.0 Å². The van der Waals surface area contributed by atoms with Crippen molar-refractivity contribution >= 4 is 5.69 Å². The van der Waals surface area contributed by atoms with Crippen LogP contribution in [0, 0.1) is 6.92 Å². The van der Waals surface area contributed by atoms with E-state index in [0.717, 1.165) is 23.8 Å². The van der Waals surface area contributed by atoms with Gasteiger partial charge in [-0.3, -0.25) is 0 Å². The lowest BCUT2D eigenvalue weighted by molar-refractivity contribution is 0.417. The first-order chi connectivity index (χ1) is 8.17. The molecule has 0 unspecified atom stereocenters. The van der Waals surface area contributed by atoms with Gasteiger partial charge in [-0.2, -0.15) is 0 Å². The first-order valence-corrected chi connectivity index (χ1v) is 5.51. The van der Waals surface area contributed by atoms with Gasteiger partial charge in [-0.05, 0) is 32.0 Å². The Kier molecular flexibility index (Phi) is 2.99. The number of ether oxygens (including phenoxy) is 1. The summed E-state index contributed by atoms with van der Waals surface area (Å²) in [6, 6.07) is 5.63. The number of aromatic nitrogens is 3. The molecule has 0 aliphatic carbocycles. The number of benzene rings is 1. The van der Waals surface area contributed by atoms with E-state index in [0.29, 0.717) is 11.4 Å². The Morgan fingerprint density at radius 3 is 2.71 bits per heavy atom. The van der Waals surface area contributed by atoms with Gasteiger partial charge in [0.05, 0.1) is 12.8 Å². The fourth-order valence-corrected chi connectivity index (χ4v) is 1.85. The summed E-state index contributed by atoms with van der Waals surface area (Å²) in [7, 11) is 1.60. The second-order valence-electron chi connectivity index (χ2n) is 3.77. The van der Waals surface area contributed by atoms with Crippen LogP contribution in [0.4, 0.5) is 5.69 Å². The van der Waals surface area contributed by atoms with Gasteiger partial charge in [0, 0.05) is 12.1 Å². The normalized spacial score (nSPS) is 10.5. The molecule has 2 rings (SSSR count). The van der Waals surface area contributed by atoms with Gasteiger partial charge in [-0.15, -0.1) is 10.2 Å². The highest BCUT2D eigenvalue weighted by molar-refractivity contribution is 5.66. The summed E-state index contributed by atoms with van der Waals surface area (Å²) in [6.45, 7) is 4.83. The van der Waals surface area contributed by atoms with Crippen LogP contribution in [-0.4, -0.2) is 21.9 Å². The largest absolute Gasteiger partial charge is 0.495 e. The zero-order valence-corrected chi connectivity index (χ0v) is 10.3. The molecule has 1 aromatic heterocycles. The number of nitrogens with two attached hydrogens (primary N) is 1. The highest BCUT2D eigenvalue weighted by Crippen LogP contribution is 2.27. The molecule has 0 saturated heterocycles. The lowest BCUT2D eigenvalue weighted by atomic mass is 10.1. The van der Waals surface area contributed by atoms with Gasteiger partial charge in [0.25, 0.3) is 0 Å². The molecule has 2 N–H and O–H groups in total. The summed E-state index contributed by atoms with van der Waals surface area (Å²) in [5.74, 6) is 2.41. The van der Waals surface area contributed by atoms with Crippen molar-refractivity contribution in [1.29, 1.82) is 0 Å². The third kappa shape index (κ3) is 1.95. The van der Waals surface area contributed by atoms with Crippen LogP contribution in [0.2, 0.25) is 0 Å². The maximum atomic E-state index is 5.89. The molecule has 5 heteroatoms. The molecular weight excluding hydrogens is 216 g/mol. The third-order valence-corrected chi connectivity index (χ3v) is 2.74. The zero-order valence-electron chi connectivity index (χ0n) is 10.3. The molecule has 90 valence electrons. The van der Waals surface area contributed by atoms with Crippen LogP contribution in [0.3, 0.4) is 0 Å². The van der Waals surface area contributed by atoms with Gasteiger partial charge in [-0.25, -0.2) is 0 Å². The van der Waals surface area contributed by atoms with Crippen molar-refractivity contribution in [1.82, 2.24) is 14.8 Å². The predicted octanol–water partition coefficient (Wildman–Crippen LogP) is 1.86. The van der Waals surface area contributed by atoms with E-state index in [4.69, 9.17) is 10.5 Å². The Morgan fingerprint density at radius 1 is 1.35 bits per heavy atom. The molecule has 0 saturated carbocycles. The number of aryl methyl sites for hydroxylation is 1. The molecular formula is C12H16N4O. The minimum absolute atomic E-state index is 0.605. The van der Waals surface area contributed by atoms with Gasteiger partial charge in [0.15, 0.2) is 5.82 Å². The van der Waals surface area contributed by atoms with Crippen LogP contribution < -0.4 is 10.5 Å². The predicted molar refractivity (Wildman–Crippen MR) is 66.8 cm³/mol. The first kappa shape index (κ1) is 11.4. The van der Waals surface area contributed by atoms with Crippen molar-refractivity contribution in [3.8, 4) is 17.1 Å². The van der Waals surface area contributed by atoms with Crippen LogP contribution in [0.5, 0.6) is 5.75 Å². The van der Waals surface area contributed by atoms with E-state index in [2.05, 4.69) is 17.1 Å². The quantitative estimate of drug-likeness (QED) is 0.820. The van der Waals surface area contributed by atoms with E-state index < -0.39 is 0 Å². The lowest BCUT2D eigenvalue weighted by Crippen LogP contribution is -2.00. The van der Waals surface area contributed by atoms with Crippen molar-refractivity contribution in [2.45, 2.75) is 20.4 Å². The number of rotatable bonds is 3. The van der Waals surface area contributed by atoms with E-state index in [1.54, 1.807) is 7.11 Å². The first-order valence-electron chi connectivity index (χ1n) is 5.51. The second kappa shape index (κ2) is 4.45. The summed E-state index contributed by atoms with van der Waals surface area (Å²) >= 11 is 0. The zero-order chi connectivity index (χ0) is 12.4. The van der Waals surface area contributed by atoms with Gasteiger partial charge in [0.1, 0.15) is 11.6 Å². The molecule has 1 heterocycles. The van der Waals surface area contributed by atoms with Gasteiger partial charge in [-0.1, -0.05) is 0 Å². The Bertz CT molecular complexity index is 533. The van der Waals surface area contributed by atoms with Crippen LogP contribution in [0.1, 0.15) is 12.7 Å². The molecule has 0 aliphatic rings. The number of hydrogen-bond donors (Lipinski definition) is 1. The summed E-state index contributed by atoms with van der Waals surface area (Å²) in [4.78, 5) is 0. The van der Waals surface area contributed by atoms with Crippen molar-refractivity contribution < 1.29 is 4.74 Å². The van der Waals surface area contributed by atoms with Crippen molar-refractivity contribution in [2.24, 2.45) is 0 Å². The fraction of sp³-hybridized carbons (Fsp3) is 0.333. The van der Waals surface area contributed by atoms with Crippen LogP contribution in [-0.2, 0) is 6.54 Å². The Labute approximate surface area is 100 Å². The molecule has 2 aromatic rings. The molecule has 0 radical (unpaired) electrons. The summed E-state index contributed by atoms with van der Waals surface area (Å²) in [5, 5.41) is 8.25. The fourth-order valence-electron chi connectivity index (χ4n) is 1.85. The van der Waals surface area contributed by atoms with Crippen molar-refractivity contribution in [3.63, 3.8) is 0 Å². The van der Waals surface area contributed by atoms with Crippen LogP contribution in [0.25, 0.3) is 11.4 Å². The minimum atomic E-state index is 0.605. The molecule has 5 nitrogen and oxygen atoms in total. The standard InChI is InChI=1S/C12H16N4O/c1-4-16-8(2)14-15-12(16)9-5-6-11(17-3)10(13)7-9/h5-7H,4,13H2,1-3H3. The van der Waals surface area contributed by atoms with E-state index in [1.165, 1.54) is 0 Å². The SMILES string of the molecule is CCn1c(C)nnc1-c1ccc(OC)c(N)c1. The van der Waals surface area contributed by atoms with Crippen molar-refractivity contribution in [2.75, 3.05) is 12.8 Å². The van der Waals surface area contributed by atoms with Gasteiger partial charge >= 0.3 is 0 Å². The van der Waals surface area contributed by atoms with E-state index >= 15 is 0 Å². The molecule has 0 atom stereocenters. The summed E-state index contributed by atoms with van der Waals surface area (Å²) < 4.78 is 7.17. The Hall–Kier alpha value is -2.04. The van der Waals surface area contributed by atoms with E-state index in [9.17, 15) is 0 Å². The molecule has 0 fully saturated rings. The number of hydrogen-bond acceptors (Lipinski definition) is 4. The van der Waals surface area contributed by atoms with Crippen LogP contribution in [0.15, 0.2) is 18.2 Å². The average Bonchev–Trinajstić information content (AvgIpc) is 2.70. The Balaban J connectivity index is 2.49. The number of nitrogen functional groups attached to an aromatic ring is 1. The number of methoxy groups -OCH3 is 1. The Morgan fingerprint density at radius 2 is 2.12 bits per heavy atom. The highest BCUT2D eigenvalue weighted by Gasteiger charge is 2.11. The van der Waals surface area contributed by atoms with E-state index in [-0.39, 0.29) is 0 Å². The van der Waals surface area contributed by atoms with Crippen LogP contribution >= 0.6 is 0 Å². The van der Waals surface area contributed by atoms with Gasteiger partial charge < -0.3 is 15.0 Å². The molecule has 0 aliphatic heterocycles. The lowest BCUT2D eigenvalue weighted by Gasteiger charge is -2.08. The van der Waals surface area contributed by atoms with Gasteiger partial charge in [0.2, 0.25) is 0 Å². The molecule has 0 amide bonds. The second-order valence-corrected chi connectivity index (χ2v) is 3.77. The highest BCUT2D eigenvalue weighted by atomic mass is 16.5. The van der Waals surface area contributed by atoms with E-state index in [1.807, 2.05) is 29.7 Å². The molecule has 1 aromatic carbocycles. The molecule has 0 bridgehead atoms. The maximum absolute atomic E-state index is 5.89. The summed E-state index contributed by atoms with van der Waals surface area (Å²) in [6.07, 6.45) is 0. The maximum Gasteiger partial charge on any atom is 0.164 e. The monoisotopic (exact) mass is 232 g/mol. The molecule has 17 heavy (non-hydrogen) atoms.